The molecule has 7 atom stereocenters. The molecule has 0 spiro atoms. The van der Waals surface area contributed by atoms with E-state index in [4.69, 9.17) is 15.9 Å². The van der Waals surface area contributed by atoms with Gasteiger partial charge in [-0.05, 0) is 19.8 Å². The minimum Gasteiger partial charge on any atom is -0.480 e. The molecule has 0 bridgehead atoms. The minimum absolute atomic E-state index is 0.173. The number of carboxylic acids is 1. The Bertz CT molecular complexity index is 1080. The molecule has 1 rings (SSSR count). The van der Waals surface area contributed by atoms with Crippen molar-refractivity contribution < 1.29 is 49.2 Å². The van der Waals surface area contributed by atoms with Gasteiger partial charge in [0.05, 0.1) is 37.7 Å². The first-order valence-electron chi connectivity index (χ1n) is 13.0. The second kappa shape index (κ2) is 17.0. The van der Waals surface area contributed by atoms with Crippen LogP contribution in [0.1, 0.15) is 33.4 Å². The van der Waals surface area contributed by atoms with E-state index in [0.29, 0.717) is 5.69 Å². The molecule has 18 nitrogen and oxygen atoms in total. The van der Waals surface area contributed by atoms with Gasteiger partial charge in [-0.15, -0.1) is 0 Å². The lowest BCUT2D eigenvalue weighted by atomic mass is 10.0. The number of aromatic amines is 1. The Kier molecular flexibility index (Phi) is 14.5. The van der Waals surface area contributed by atoms with Crippen LogP contribution in [0.5, 0.6) is 0 Å². The van der Waals surface area contributed by atoms with E-state index in [1.54, 1.807) is 13.8 Å². The Balaban J connectivity index is 2.97. The van der Waals surface area contributed by atoms with Crippen molar-refractivity contribution in [1.29, 1.82) is 0 Å². The van der Waals surface area contributed by atoms with Gasteiger partial charge in [0.1, 0.15) is 24.2 Å². The van der Waals surface area contributed by atoms with Crippen molar-refractivity contribution in [2.24, 2.45) is 11.7 Å². The Morgan fingerprint density at radius 3 is 1.90 bits per heavy atom. The van der Waals surface area contributed by atoms with E-state index in [9.17, 15) is 39.0 Å². The molecule has 0 radical (unpaired) electrons. The van der Waals surface area contributed by atoms with Crippen molar-refractivity contribution in [3.8, 4) is 0 Å². The van der Waals surface area contributed by atoms with E-state index < -0.39 is 91.1 Å². The topological polar surface area (TPSA) is 298 Å². The number of aliphatic carboxylic acids is 1. The molecule has 18 heteroatoms. The summed E-state index contributed by atoms with van der Waals surface area (Å²) < 4.78 is 0. The number of aromatic nitrogens is 2. The molecule has 0 aromatic carbocycles. The van der Waals surface area contributed by atoms with Gasteiger partial charge in [-0.1, -0.05) is 13.8 Å². The summed E-state index contributed by atoms with van der Waals surface area (Å²) in [4.78, 5) is 80.9. The average molecular weight is 601 g/mol. The number of carboxylic acid groups (broad SMARTS) is 1. The first kappa shape index (κ1) is 35.9. The van der Waals surface area contributed by atoms with Gasteiger partial charge in [0.2, 0.25) is 29.5 Å². The van der Waals surface area contributed by atoms with Crippen molar-refractivity contribution in [3.05, 3.63) is 18.2 Å². The largest absolute Gasteiger partial charge is 0.480 e. The maximum Gasteiger partial charge on any atom is 0.328 e. The summed E-state index contributed by atoms with van der Waals surface area (Å²) in [5.41, 5.74) is 6.16. The molecule has 42 heavy (non-hydrogen) atoms. The normalized spacial score (nSPS) is 16.1. The van der Waals surface area contributed by atoms with Gasteiger partial charge in [-0.25, -0.2) is 9.78 Å². The van der Waals surface area contributed by atoms with Gasteiger partial charge in [0, 0.05) is 18.3 Å². The molecule has 0 fully saturated rings. The second-order valence-electron chi connectivity index (χ2n) is 9.92. The highest BCUT2D eigenvalue weighted by Crippen LogP contribution is 2.03. The van der Waals surface area contributed by atoms with Crippen molar-refractivity contribution in [1.82, 2.24) is 36.6 Å². The van der Waals surface area contributed by atoms with Gasteiger partial charge in [0.15, 0.2) is 0 Å². The summed E-state index contributed by atoms with van der Waals surface area (Å²) in [7, 11) is 0. The molecule has 5 amide bonds. The highest BCUT2D eigenvalue weighted by atomic mass is 16.4. The fraction of sp³-hybridized carbons (Fsp3) is 0.625. The molecular formula is C24H40N8O10. The molecular weight excluding hydrogens is 560 g/mol. The molecule has 0 saturated heterocycles. The van der Waals surface area contributed by atoms with E-state index in [2.05, 4.69) is 31.2 Å². The smallest absolute Gasteiger partial charge is 0.328 e. The number of aliphatic hydroxyl groups is 3. The highest BCUT2D eigenvalue weighted by Gasteiger charge is 2.33. The second-order valence-corrected chi connectivity index (χ2v) is 9.92. The Hall–Kier alpha value is -4.13. The number of nitrogens with zero attached hydrogens (tertiary/aromatic N) is 1. The lowest BCUT2D eigenvalue weighted by molar-refractivity contribution is -0.144. The van der Waals surface area contributed by atoms with Gasteiger partial charge < -0.3 is 57.7 Å². The third-order valence-corrected chi connectivity index (χ3v) is 6.00. The van der Waals surface area contributed by atoms with Crippen LogP contribution in [0.3, 0.4) is 0 Å². The van der Waals surface area contributed by atoms with Crippen LogP contribution in [-0.2, 0) is 35.2 Å². The fourth-order valence-corrected chi connectivity index (χ4v) is 3.41. The monoisotopic (exact) mass is 600 g/mol. The first-order chi connectivity index (χ1) is 19.6. The zero-order valence-electron chi connectivity index (χ0n) is 23.7. The van der Waals surface area contributed by atoms with E-state index in [0.717, 1.165) is 6.92 Å². The van der Waals surface area contributed by atoms with E-state index in [-0.39, 0.29) is 12.3 Å². The van der Waals surface area contributed by atoms with Crippen LogP contribution < -0.4 is 32.3 Å². The molecule has 0 aliphatic rings. The van der Waals surface area contributed by atoms with Crippen molar-refractivity contribution >= 4 is 35.5 Å². The van der Waals surface area contributed by atoms with Crippen LogP contribution in [0, 0.1) is 5.92 Å². The number of hydrogen-bond acceptors (Lipinski definition) is 11. The number of aliphatic hydroxyl groups excluding tert-OH is 3. The van der Waals surface area contributed by atoms with E-state index in [1.165, 1.54) is 19.4 Å². The van der Waals surface area contributed by atoms with Crippen LogP contribution in [0.2, 0.25) is 0 Å². The number of carbonyl (C=O) groups is 6. The number of nitrogens with two attached hydrogens (primary N) is 1. The molecule has 0 aliphatic carbocycles. The Morgan fingerprint density at radius 2 is 1.43 bits per heavy atom. The van der Waals surface area contributed by atoms with Gasteiger partial charge in [-0.2, -0.15) is 0 Å². The third kappa shape index (κ3) is 11.4. The maximum atomic E-state index is 13.1. The van der Waals surface area contributed by atoms with Crippen LogP contribution in [0.15, 0.2) is 12.5 Å². The van der Waals surface area contributed by atoms with Crippen molar-refractivity contribution in [2.75, 3.05) is 13.2 Å². The summed E-state index contributed by atoms with van der Waals surface area (Å²) in [5.74, 6) is -6.33. The quantitative estimate of drug-likeness (QED) is 0.0800. The molecule has 236 valence electrons. The van der Waals surface area contributed by atoms with Crippen molar-refractivity contribution in [2.45, 2.75) is 76.5 Å². The number of amides is 5. The average Bonchev–Trinajstić information content (AvgIpc) is 3.43. The first-order valence-corrected chi connectivity index (χ1v) is 13.0. The number of hydrogen-bond donors (Lipinski definition) is 11. The number of carbonyl (C=O) groups excluding carboxylic acids is 5. The minimum atomic E-state index is -1.70. The lowest BCUT2D eigenvalue weighted by Gasteiger charge is -2.26. The standard InChI is InChI=1S/C24H40N8O10/c1-10(2)17(25)21(38)32-18(11(3)34)22(39)27-7-16(36)29-14(5-13-6-26-9-28-13)20(37)31-19(12(4)35)23(40)30-15(8-33)24(41)42/h6,9-12,14-15,17-19,33-35H,5,7-8,25H2,1-4H3,(H,26,28)(H,27,39)(H,29,36)(H,30,40)(H,31,37)(H,32,38)(H,41,42)/t11-,12-,14+,15+,17+,18+,19+/m1/s1. The molecule has 12 N–H and O–H groups in total. The highest BCUT2D eigenvalue weighted by molar-refractivity contribution is 5.95. The number of rotatable bonds is 17. The Morgan fingerprint density at radius 1 is 0.857 bits per heavy atom. The molecule has 0 saturated carbocycles. The van der Waals surface area contributed by atoms with Crippen LogP contribution >= 0.6 is 0 Å². The molecule has 0 unspecified atom stereocenters. The summed E-state index contributed by atoms with van der Waals surface area (Å²) in [6, 6.07) is -7.13. The summed E-state index contributed by atoms with van der Waals surface area (Å²) in [6.45, 7) is 4.17. The SMILES string of the molecule is CC(C)[C@H](N)C(=O)N[C@H](C(=O)NCC(=O)N[C@@H](Cc1cnc[nH]1)C(=O)N[C@H](C(=O)N[C@@H](CO)C(=O)O)[C@@H](C)O)[C@@H](C)O. The Labute approximate surface area is 241 Å². The number of H-pyrrole nitrogens is 1. The molecule has 1 aromatic heterocycles. The zero-order valence-corrected chi connectivity index (χ0v) is 23.7. The maximum absolute atomic E-state index is 13.1. The third-order valence-electron chi connectivity index (χ3n) is 6.00. The number of imidazole rings is 1. The molecule has 1 aromatic rings. The molecule has 0 aliphatic heterocycles. The summed E-state index contributed by atoms with van der Waals surface area (Å²) in [5, 5.41) is 49.4. The summed E-state index contributed by atoms with van der Waals surface area (Å²) in [6.07, 6.45) is -0.349. The van der Waals surface area contributed by atoms with Crippen molar-refractivity contribution in [3.63, 3.8) is 0 Å². The van der Waals surface area contributed by atoms with E-state index in [1.807, 2.05) is 5.32 Å². The lowest BCUT2D eigenvalue weighted by Crippen LogP contribution is -2.60. The predicted octanol–water partition coefficient (Wildman–Crippen LogP) is -5.17. The van der Waals surface area contributed by atoms with Gasteiger partial charge in [-0.3, -0.25) is 24.0 Å². The summed E-state index contributed by atoms with van der Waals surface area (Å²) >= 11 is 0. The van der Waals surface area contributed by atoms with Gasteiger partial charge in [0.25, 0.3) is 0 Å². The van der Waals surface area contributed by atoms with E-state index >= 15 is 0 Å². The van der Waals surface area contributed by atoms with Crippen LogP contribution in [0.25, 0.3) is 0 Å². The fourth-order valence-electron chi connectivity index (χ4n) is 3.41. The number of nitrogens with one attached hydrogen (secondary N) is 6. The molecule has 1 heterocycles. The van der Waals surface area contributed by atoms with Crippen LogP contribution in [-0.4, -0.2) is 121 Å². The zero-order chi connectivity index (χ0) is 32.1. The van der Waals surface area contributed by atoms with Crippen LogP contribution in [0.4, 0.5) is 0 Å². The predicted molar refractivity (Wildman–Crippen MR) is 144 cm³/mol. The van der Waals surface area contributed by atoms with Gasteiger partial charge >= 0.3 is 5.97 Å².